The zero-order valence-corrected chi connectivity index (χ0v) is 15.9. The van der Waals surface area contributed by atoms with E-state index in [9.17, 15) is 8.42 Å². The Labute approximate surface area is 158 Å². The Balaban J connectivity index is 1.77. The van der Waals surface area contributed by atoms with Gasteiger partial charge in [-0.15, -0.1) is 0 Å². The van der Waals surface area contributed by atoms with E-state index in [4.69, 9.17) is 14.7 Å². The summed E-state index contributed by atoms with van der Waals surface area (Å²) in [6, 6.07) is 10.2. The smallest absolute Gasteiger partial charge is 0.247 e. The van der Waals surface area contributed by atoms with Gasteiger partial charge in [-0.1, -0.05) is 0 Å². The molecule has 2 heterocycles. The first-order valence-corrected chi connectivity index (χ1v) is 9.77. The van der Waals surface area contributed by atoms with Gasteiger partial charge in [0.25, 0.3) is 0 Å². The highest BCUT2D eigenvalue weighted by molar-refractivity contribution is 7.89. The molecule has 142 valence electrons. The van der Waals surface area contributed by atoms with E-state index in [2.05, 4.69) is 4.98 Å². The molecule has 0 atom stereocenters. The maximum atomic E-state index is 13.1. The first-order valence-electron chi connectivity index (χ1n) is 8.33. The van der Waals surface area contributed by atoms with Crippen LogP contribution in [0.2, 0.25) is 0 Å². The standard InChI is InChI=1S/C18H20N4O4S/c1-25-15-4-5-16(26-2)17(11-15)27(23,24)22-9-7-21(8-10-22)18-6-3-14(12-19)13-20-18/h3-6,11,13H,7-10H2,1-2H3. The minimum Gasteiger partial charge on any atom is -0.497 e. The first-order chi connectivity index (χ1) is 13.0. The van der Waals surface area contributed by atoms with Crippen LogP contribution in [-0.2, 0) is 10.0 Å². The van der Waals surface area contributed by atoms with Crippen LogP contribution in [0, 0.1) is 11.3 Å². The monoisotopic (exact) mass is 388 g/mol. The molecule has 9 heteroatoms. The lowest BCUT2D eigenvalue weighted by atomic mass is 10.3. The Morgan fingerprint density at radius 2 is 1.81 bits per heavy atom. The van der Waals surface area contributed by atoms with Crippen LogP contribution in [0.25, 0.3) is 0 Å². The number of piperazine rings is 1. The molecule has 0 N–H and O–H groups in total. The third kappa shape index (κ3) is 3.82. The van der Waals surface area contributed by atoms with Crippen molar-refractivity contribution in [3.8, 4) is 17.6 Å². The molecule has 0 bridgehead atoms. The summed E-state index contributed by atoms with van der Waals surface area (Å²) < 4.78 is 38.0. The number of aromatic nitrogens is 1. The van der Waals surface area contributed by atoms with Crippen molar-refractivity contribution in [1.29, 1.82) is 5.26 Å². The van der Waals surface area contributed by atoms with Gasteiger partial charge >= 0.3 is 0 Å². The molecule has 0 radical (unpaired) electrons. The zero-order chi connectivity index (χ0) is 19.4. The summed E-state index contributed by atoms with van der Waals surface area (Å²) >= 11 is 0. The van der Waals surface area contributed by atoms with E-state index in [1.165, 1.54) is 30.8 Å². The summed E-state index contributed by atoms with van der Waals surface area (Å²) in [5.41, 5.74) is 0.491. The predicted molar refractivity (Wildman–Crippen MR) is 99.5 cm³/mol. The number of sulfonamides is 1. The maximum Gasteiger partial charge on any atom is 0.247 e. The fraction of sp³-hybridized carbons (Fsp3) is 0.333. The SMILES string of the molecule is COc1ccc(OC)c(S(=O)(=O)N2CCN(c3ccc(C#N)cn3)CC2)c1. The number of anilines is 1. The van der Waals surface area contributed by atoms with Crippen LogP contribution in [-0.4, -0.2) is 58.1 Å². The van der Waals surface area contributed by atoms with Crippen LogP contribution in [0.3, 0.4) is 0 Å². The zero-order valence-electron chi connectivity index (χ0n) is 15.1. The number of benzene rings is 1. The summed E-state index contributed by atoms with van der Waals surface area (Å²) in [6.45, 7) is 1.66. The molecule has 8 nitrogen and oxygen atoms in total. The second-order valence-corrected chi connectivity index (χ2v) is 7.83. The van der Waals surface area contributed by atoms with Crippen LogP contribution in [0.1, 0.15) is 5.56 Å². The first kappa shape index (κ1) is 18.9. The van der Waals surface area contributed by atoms with Gasteiger partial charge in [0, 0.05) is 38.4 Å². The van der Waals surface area contributed by atoms with Crippen LogP contribution >= 0.6 is 0 Å². The average molecular weight is 388 g/mol. The summed E-state index contributed by atoms with van der Waals surface area (Å²) in [5, 5.41) is 8.86. The van der Waals surface area contributed by atoms with Gasteiger partial charge in [0.2, 0.25) is 10.0 Å². The minimum absolute atomic E-state index is 0.0919. The summed E-state index contributed by atoms with van der Waals surface area (Å²) in [6.07, 6.45) is 1.51. The van der Waals surface area contributed by atoms with Gasteiger partial charge in [0.1, 0.15) is 28.3 Å². The second-order valence-electron chi connectivity index (χ2n) is 5.92. The lowest BCUT2D eigenvalue weighted by Gasteiger charge is -2.34. The van der Waals surface area contributed by atoms with Crippen molar-refractivity contribution >= 4 is 15.8 Å². The second kappa shape index (κ2) is 7.82. The minimum atomic E-state index is -3.72. The molecule has 0 unspecified atom stereocenters. The fourth-order valence-corrected chi connectivity index (χ4v) is 4.51. The third-order valence-electron chi connectivity index (χ3n) is 4.43. The topological polar surface area (TPSA) is 95.8 Å². The number of nitrogens with zero attached hydrogens (tertiary/aromatic N) is 4. The van der Waals surface area contributed by atoms with E-state index >= 15 is 0 Å². The lowest BCUT2D eigenvalue weighted by Crippen LogP contribution is -2.49. The average Bonchev–Trinajstić information content (AvgIpc) is 2.73. The predicted octanol–water partition coefficient (Wildman–Crippen LogP) is 1.48. The molecule has 0 aliphatic carbocycles. The van der Waals surface area contributed by atoms with Crippen LogP contribution in [0.4, 0.5) is 5.82 Å². The molecule has 1 aliphatic heterocycles. The van der Waals surface area contributed by atoms with Crippen LogP contribution in [0.15, 0.2) is 41.4 Å². The van der Waals surface area contributed by atoms with Crippen molar-refractivity contribution in [3.05, 3.63) is 42.1 Å². The Morgan fingerprint density at radius 3 is 2.37 bits per heavy atom. The molecule has 1 fully saturated rings. The van der Waals surface area contributed by atoms with Crippen LogP contribution < -0.4 is 14.4 Å². The number of pyridine rings is 1. The van der Waals surface area contributed by atoms with Crippen molar-refractivity contribution in [1.82, 2.24) is 9.29 Å². The van der Waals surface area contributed by atoms with Crippen molar-refractivity contribution < 1.29 is 17.9 Å². The molecular weight excluding hydrogens is 368 g/mol. The van der Waals surface area contributed by atoms with Gasteiger partial charge < -0.3 is 14.4 Å². The van der Waals surface area contributed by atoms with E-state index in [-0.39, 0.29) is 10.6 Å². The van der Waals surface area contributed by atoms with E-state index in [0.29, 0.717) is 37.5 Å². The normalized spacial score (nSPS) is 15.2. The molecule has 0 spiro atoms. The Bertz CT molecular complexity index is 946. The molecule has 27 heavy (non-hydrogen) atoms. The lowest BCUT2D eigenvalue weighted by molar-refractivity contribution is 0.370. The molecule has 2 aromatic rings. The highest BCUT2D eigenvalue weighted by atomic mass is 32.2. The number of ether oxygens (including phenoxy) is 2. The highest BCUT2D eigenvalue weighted by Crippen LogP contribution is 2.31. The van der Waals surface area contributed by atoms with Crippen molar-refractivity contribution in [3.63, 3.8) is 0 Å². The van der Waals surface area contributed by atoms with E-state index in [0.717, 1.165) is 5.82 Å². The molecule has 0 saturated carbocycles. The number of methoxy groups -OCH3 is 2. The summed E-state index contributed by atoms with van der Waals surface area (Å²) in [7, 11) is -0.788. The molecule has 1 saturated heterocycles. The van der Waals surface area contributed by atoms with Crippen molar-refractivity contribution in [2.45, 2.75) is 4.90 Å². The van der Waals surface area contributed by atoms with Gasteiger partial charge in [0.15, 0.2) is 0 Å². The molecule has 1 aliphatic rings. The van der Waals surface area contributed by atoms with Crippen LogP contribution in [0.5, 0.6) is 11.5 Å². The van der Waals surface area contributed by atoms with Crippen molar-refractivity contribution in [2.24, 2.45) is 0 Å². The van der Waals surface area contributed by atoms with Gasteiger partial charge in [-0.25, -0.2) is 13.4 Å². The molecule has 3 rings (SSSR count). The van der Waals surface area contributed by atoms with Gasteiger partial charge in [-0.3, -0.25) is 0 Å². The maximum absolute atomic E-state index is 13.1. The van der Waals surface area contributed by atoms with E-state index in [1.54, 1.807) is 24.3 Å². The van der Waals surface area contributed by atoms with Crippen molar-refractivity contribution in [2.75, 3.05) is 45.3 Å². The Hall–Kier alpha value is -2.83. The van der Waals surface area contributed by atoms with Gasteiger partial charge in [-0.2, -0.15) is 9.57 Å². The Kier molecular flexibility index (Phi) is 5.48. The van der Waals surface area contributed by atoms with E-state index < -0.39 is 10.0 Å². The van der Waals surface area contributed by atoms with Gasteiger partial charge in [0.05, 0.1) is 19.8 Å². The highest BCUT2D eigenvalue weighted by Gasteiger charge is 2.31. The number of hydrogen-bond acceptors (Lipinski definition) is 7. The largest absolute Gasteiger partial charge is 0.497 e. The number of nitriles is 1. The number of rotatable bonds is 5. The third-order valence-corrected chi connectivity index (χ3v) is 6.35. The molecule has 1 aromatic heterocycles. The van der Waals surface area contributed by atoms with E-state index in [1.807, 2.05) is 11.0 Å². The number of hydrogen-bond donors (Lipinski definition) is 0. The summed E-state index contributed by atoms with van der Waals surface area (Å²) in [5.74, 6) is 1.46. The quantitative estimate of drug-likeness (QED) is 0.765. The fourth-order valence-electron chi connectivity index (χ4n) is 2.92. The molecule has 0 amide bonds. The molecule has 1 aromatic carbocycles. The summed E-state index contributed by atoms with van der Waals surface area (Å²) in [4.78, 5) is 6.36. The van der Waals surface area contributed by atoms with Gasteiger partial charge in [-0.05, 0) is 24.3 Å². The molecular formula is C18H20N4O4S. The Morgan fingerprint density at radius 1 is 1.07 bits per heavy atom.